The molecule has 0 N–H and O–H groups in total. The van der Waals surface area contributed by atoms with E-state index in [4.69, 9.17) is 16.8 Å². The SMILES string of the molecule is [2H]C1([2H])CCC([2H])([2H])c2c(-c3ccccc3)c[c-]c(-c3cc(C)c([Si](C)(C)C)cn3)c21.[2H]c1c(-c2ccccc2)ccc2c1sc1c(-c3cc4ccccc4cn3)[c-]ccc12.[Ir]. The molecule has 0 saturated heterocycles. The largest absolute Gasteiger partial charge is 0.305 e. The average Bonchev–Trinajstić information content (AvgIpc) is 3.65. The van der Waals surface area contributed by atoms with Gasteiger partial charge in [-0.1, -0.05) is 170 Å². The molecule has 0 fully saturated rings. The first kappa shape index (κ1) is 33.0. The summed E-state index contributed by atoms with van der Waals surface area (Å²) in [4.78, 5) is 9.43. The Morgan fingerprint density at radius 2 is 1.33 bits per heavy atom. The van der Waals surface area contributed by atoms with Gasteiger partial charge in [0.15, 0.2) is 0 Å². The molecule has 0 aliphatic heterocycles. The van der Waals surface area contributed by atoms with Crippen molar-refractivity contribution in [2.45, 2.75) is 52.2 Å². The zero-order valence-electron chi connectivity index (χ0n) is 37.3. The van der Waals surface area contributed by atoms with E-state index >= 15 is 0 Å². The zero-order valence-corrected chi connectivity index (χ0v) is 36.5. The summed E-state index contributed by atoms with van der Waals surface area (Å²) in [6.07, 6.45) is 0.868. The number of aryl methyl sites for hydroxylation is 1. The summed E-state index contributed by atoms with van der Waals surface area (Å²) in [6.45, 7) is 8.93. The van der Waals surface area contributed by atoms with Gasteiger partial charge in [-0.2, -0.15) is 11.3 Å². The van der Waals surface area contributed by atoms with Crippen molar-refractivity contribution >= 4 is 55.5 Å². The summed E-state index contributed by atoms with van der Waals surface area (Å²) in [6, 6.07) is 49.6. The molecule has 2 nitrogen and oxygen atoms in total. The number of benzene rings is 6. The van der Waals surface area contributed by atoms with Gasteiger partial charge in [0.25, 0.3) is 0 Å². The van der Waals surface area contributed by atoms with E-state index < -0.39 is 20.8 Å². The minimum Gasteiger partial charge on any atom is -0.305 e. The Bertz CT molecular complexity index is 3110. The minimum atomic E-state index is -1.65. The number of thiophene rings is 1. The molecular formula is C52H44IrN2SSi-2. The minimum absolute atomic E-state index is 0. The second-order valence-electron chi connectivity index (χ2n) is 15.3. The van der Waals surface area contributed by atoms with Gasteiger partial charge in [0.2, 0.25) is 0 Å². The third kappa shape index (κ3) is 7.83. The van der Waals surface area contributed by atoms with Crippen LogP contribution in [0.4, 0.5) is 0 Å². The topological polar surface area (TPSA) is 25.8 Å². The van der Waals surface area contributed by atoms with Gasteiger partial charge in [-0.05, 0) is 67.9 Å². The Balaban J connectivity index is 0.000000168. The fourth-order valence-electron chi connectivity index (χ4n) is 7.68. The van der Waals surface area contributed by atoms with Crippen LogP contribution in [0.5, 0.6) is 0 Å². The Morgan fingerprint density at radius 1 is 0.667 bits per heavy atom. The van der Waals surface area contributed by atoms with Crippen LogP contribution in [0.3, 0.4) is 0 Å². The van der Waals surface area contributed by atoms with Crippen molar-refractivity contribution in [3.05, 3.63) is 175 Å². The van der Waals surface area contributed by atoms with Gasteiger partial charge in [0.1, 0.15) is 0 Å². The molecule has 0 unspecified atom stereocenters. The fourth-order valence-corrected chi connectivity index (χ4v) is 10.6. The van der Waals surface area contributed by atoms with Crippen LogP contribution in [0, 0.1) is 19.1 Å². The predicted octanol–water partition coefficient (Wildman–Crippen LogP) is 13.7. The van der Waals surface area contributed by atoms with Crippen molar-refractivity contribution in [2.75, 3.05) is 0 Å². The quantitative estimate of drug-likeness (QED) is 0.127. The molecule has 3 aromatic heterocycles. The van der Waals surface area contributed by atoms with Crippen molar-refractivity contribution in [2.24, 2.45) is 0 Å². The molecule has 10 rings (SSSR count). The molecule has 57 heavy (non-hydrogen) atoms. The number of hydrogen-bond acceptors (Lipinski definition) is 3. The second kappa shape index (κ2) is 16.4. The van der Waals surface area contributed by atoms with Crippen LogP contribution >= 0.6 is 11.3 Å². The molecule has 0 spiro atoms. The van der Waals surface area contributed by atoms with E-state index in [1.54, 1.807) is 11.3 Å². The van der Waals surface area contributed by atoms with Gasteiger partial charge in [-0.3, -0.25) is 0 Å². The van der Waals surface area contributed by atoms with Crippen LogP contribution in [-0.4, -0.2) is 18.0 Å². The van der Waals surface area contributed by atoms with Gasteiger partial charge < -0.3 is 9.97 Å². The molecule has 0 bridgehead atoms. The predicted molar refractivity (Wildman–Crippen MR) is 243 cm³/mol. The van der Waals surface area contributed by atoms with E-state index in [9.17, 15) is 0 Å². The number of aromatic nitrogens is 2. The Kier molecular flexibility index (Phi) is 9.52. The molecule has 1 aliphatic carbocycles. The average molecular weight is 954 g/mol. The van der Waals surface area contributed by atoms with Crippen molar-refractivity contribution < 1.29 is 27.0 Å². The molecule has 283 valence electrons. The first-order valence-electron chi connectivity index (χ1n) is 21.6. The van der Waals surface area contributed by atoms with Crippen molar-refractivity contribution in [1.29, 1.82) is 0 Å². The van der Waals surface area contributed by atoms with Crippen molar-refractivity contribution in [3.8, 4) is 44.8 Å². The maximum absolute atomic E-state index is 8.88. The number of nitrogens with zero attached hydrogens (tertiary/aromatic N) is 2. The smallest absolute Gasteiger partial charge is 0.0798 e. The van der Waals surface area contributed by atoms with E-state index in [1.165, 1.54) is 10.6 Å². The number of pyridine rings is 2. The molecule has 1 aliphatic rings. The summed E-state index contributed by atoms with van der Waals surface area (Å²) in [5, 5.41) is 5.86. The van der Waals surface area contributed by atoms with Crippen molar-refractivity contribution in [1.82, 2.24) is 9.97 Å². The molecule has 5 heteroatoms. The summed E-state index contributed by atoms with van der Waals surface area (Å²) in [7, 11) is -1.54. The van der Waals surface area contributed by atoms with E-state index in [-0.39, 0.29) is 32.9 Å². The first-order chi connectivity index (χ1) is 29.2. The molecule has 6 aromatic carbocycles. The second-order valence-corrected chi connectivity index (χ2v) is 21.3. The third-order valence-electron chi connectivity index (χ3n) is 10.4. The summed E-state index contributed by atoms with van der Waals surface area (Å²) >= 11 is 1.67. The molecule has 9 aromatic rings. The molecule has 0 saturated carbocycles. The maximum atomic E-state index is 8.88. The van der Waals surface area contributed by atoms with Gasteiger partial charge in [-0.25, -0.2) is 0 Å². The van der Waals surface area contributed by atoms with Gasteiger partial charge in [0, 0.05) is 42.7 Å². The Morgan fingerprint density at radius 3 is 2.07 bits per heavy atom. The molecular weight excluding hydrogens is 905 g/mol. The summed E-state index contributed by atoms with van der Waals surface area (Å²) in [5.41, 5.74) is 8.78. The molecule has 1 radical (unpaired) electrons. The van der Waals surface area contributed by atoms with E-state index in [2.05, 4.69) is 87.2 Å². The Hall–Kier alpha value is -5.03. The maximum Gasteiger partial charge on any atom is 0.0798 e. The Labute approximate surface area is 362 Å². The van der Waals surface area contributed by atoms with E-state index in [0.29, 0.717) is 34.0 Å². The molecule has 3 heterocycles. The molecule has 0 atom stereocenters. The van der Waals surface area contributed by atoms with Gasteiger partial charge in [0.05, 0.1) is 9.44 Å². The number of fused-ring (bicyclic) bond motifs is 5. The number of hydrogen-bond donors (Lipinski definition) is 0. The van der Waals surface area contributed by atoms with Gasteiger partial charge >= 0.3 is 0 Å². The fraction of sp³-hybridized carbons (Fsp3) is 0.154. The van der Waals surface area contributed by atoms with Crippen LogP contribution in [0.25, 0.3) is 75.7 Å². The van der Waals surface area contributed by atoms with Crippen LogP contribution < -0.4 is 5.19 Å². The summed E-state index contributed by atoms with van der Waals surface area (Å²) < 4.78 is 46.1. The van der Waals surface area contributed by atoms with E-state index in [1.807, 2.05) is 91.3 Å². The van der Waals surface area contributed by atoms with Crippen LogP contribution in [0.1, 0.15) is 36.4 Å². The third-order valence-corrected chi connectivity index (χ3v) is 13.7. The van der Waals surface area contributed by atoms with Crippen LogP contribution in [0.15, 0.2) is 146 Å². The van der Waals surface area contributed by atoms with Crippen LogP contribution in [-0.2, 0) is 32.9 Å². The first-order valence-corrected chi connectivity index (χ1v) is 23.4. The summed E-state index contributed by atoms with van der Waals surface area (Å²) in [5.74, 6) is 0. The van der Waals surface area contributed by atoms with Gasteiger partial charge in [-0.15, -0.1) is 52.6 Å². The van der Waals surface area contributed by atoms with Crippen LogP contribution in [0.2, 0.25) is 19.6 Å². The van der Waals surface area contributed by atoms with Crippen molar-refractivity contribution in [3.63, 3.8) is 0 Å². The monoisotopic (exact) mass is 954 g/mol. The van der Waals surface area contributed by atoms with E-state index in [0.717, 1.165) is 59.1 Å². The zero-order chi connectivity index (χ0) is 42.7. The number of rotatable bonds is 5. The normalized spacial score (nSPS) is 15.5. The standard InChI is InChI=1S/C27H16NS.C25H28NSi.Ir/c1-2-7-18(8-3-1)20-13-14-22-23-11-6-12-24(27(23)29-26(22)16-20)25-15-19-9-4-5-10-21(19)17-28-25;1-18-16-24(26-17-25(18)27(2,3)4)23-15-14-20(19-10-6-5-7-11-19)21-12-8-9-13-22(21)23;/h1-11,13-17H;5-7,10-11,14,16-17H,8-9,12-13H2,1-4H3;/q2*-1;/i16D;12D2,13D2;. The molecule has 0 amide bonds.